The molecule has 26 heavy (non-hydrogen) atoms. The maximum absolute atomic E-state index is 12.1. The number of anilines is 1. The Kier molecular flexibility index (Phi) is 7.35. The minimum atomic E-state index is -0.667. The lowest BCUT2D eigenvalue weighted by Gasteiger charge is -2.28. The van der Waals surface area contributed by atoms with E-state index in [0.717, 1.165) is 13.0 Å². The Labute approximate surface area is 158 Å². The van der Waals surface area contributed by atoms with Gasteiger partial charge in [-0.1, -0.05) is 12.2 Å². The molecule has 1 unspecified atom stereocenters. The zero-order valence-corrected chi connectivity index (χ0v) is 15.8. The first kappa shape index (κ1) is 20.1. The van der Waals surface area contributed by atoms with Crippen LogP contribution in [0.2, 0.25) is 5.28 Å². The predicted molar refractivity (Wildman–Crippen MR) is 101 cm³/mol. The van der Waals surface area contributed by atoms with Crippen molar-refractivity contribution in [2.75, 3.05) is 25.5 Å². The van der Waals surface area contributed by atoms with Gasteiger partial charge in [0.05, 0.1) is 0 Å². The van der Waals surface area contributed by atoms with E-state index in [9.17, 15) is 9.59 Å². The molecule has 0 saturated carbocycles. The van der Waals surface area contributed by atoms with Crippen LogP contribution in [0.4, 0.5) is 5.82 Å². The lowest BCUT2D eigenvalue weighted by molar-refractivity contribution is -0.122. The molecule has 0 fully saturated rings. The number of nitrogens with zero attached hydrogens (tertiary/aromatic N) is 3. The molecule has 142 valence electrons. The molecule has 4 N–H and O–H groups in total. The van der Waals surface area contributed by atoms with Crippen LogP contribution in [-0.4, -0.2) is 58.9 Å². The van der Waals surface area contributed by atoms with Crippen LogP contribution in [0.3, 0.4) is 0 Å². The lowest BCUT2D eigenvalue weighted by atomic mass is 10.0. The van der Waals surface area contributed by atoms with Crippen LogP contribution in [0.5, 0.6) is 0 Å². The smallest absolute Gasteiger partial charge is 0.267 e. The zero-order chi connectivity index (χ0) is 19.1. The minimum absolute atomic E-state index is 0.0160. The van der Waals surface area contributed by atoms with Crippen molar-refractivity contribution in [3.63, 3.8) is 0 Å². The minimum Gasteiger partial charge on any atom is -0.367 e. The van der Waals surface area contributed by atoms with Gasteiger partial charge in [-0.2, -0.15) is 0 Å². The Morgan fingerprint density at radius 1 is 1.42 bits per heavy atom. The summed E-state index contributed by atoms with van der Waals surface area (Å²) in [4.78, 5) is 33.3. The standard InChI is InChI=1S/C17H25ClN6O2/c1-11(21-14-10-13(16(19)26)22-17(18)23-14)6-7-20-15(25)9-12-5-3-4-8-24(12)2/h3-4,10-12H,5-9H2,1-2H3,(H2,19,26)(H,20,25)(H,21,22,23)/t11-,12?/m0/s1. The highest BCUT2D eigenvalue weighted by Crippen LogP contribution is 2.13. The van der Waals surface area contributed by atoms with E-state index in [1.54, 1.807) is 0 Å². The molecule has 8 nitrogen and oxygen atoms in total. The molecule has 1 aliphatic heterocycles. The number of amides is 2. The number of primary amides is 1. The van der Waals surface area contributed by atoms with E-state index in [1.165, 1.54) is 6.07 Å². The van der Waals surface area contributed by atoms with Crippen LogP contribution in [0.1, 0.15) is 36.7 Å². The normalized spacial score (nSPS) is 18.3. The molecule has 0 bridgehead atoms. The predicted octanol–water partition coefficient (Wildman–Crippen LogP) is 1.19. The van der Waals surface area contributed by atoms with Crippen molar-refractivity contribution in [2.45, 2.75) is 38.3 Å². The van der Waals surface area contributed by atoms with Crippen LogP contribution in [-0.2, 0) is 4.79 Å². The quantitative estimate of drug-likeness (QED) is 0.461. The van der Waals surface area contributed by atoms with Crippen molar-refractivity contribution in [2.24, 2.45) is 5.73 Å². The lowest BCUT2D eigenvalue weighted by Crippen LogP contribution is -2.39. The summed E-state index contributed by atoms with van der Waals surface area (Å²) in [6.07, 6.45) is 6.33. The largest absolute Gasteiger partial charge is 0.367 e. The molecule has 0 aromatic carbocycles. The summed E-state index contributed by atoms with van der Waals surface area (Å²) >= 11 is 5.79. The molecule has 1 aromatic heterocycles. The summed E-state index contributed by atoms with van der Waals surface area (Å²) in [6.45, 7) is 3.38. The Morgan fingerprint density at radius 3 is 2.88 bits per heavy atom. The van der Waals surface area contributed by atoms with E-state index >= 15 is 0 Å². The summed E-state index contributed by atoms with van der Waals surface area (Å²) < 4.78 is 0. The van der Waals surface area contributed by atoms with Crippen molar-refractivity contribution >= 4 is 29.2 Å². The number of halogens is 1. The van der Waals surface area contributed by atoms with Gasteiger partial charge >= 0.3 is 0 Å². The van der Waals surface area contributed by atoms with E-state index in [4.69, 9.17) is 17.3 Å². The maximum Gasteiger partial charge on any atom is 0.267 e. The van der Waals surface area contributed by atoms with Gasteiger partial charge in [0, 0.05) is 37.7 Å². The molecule has 2 heterocycles. The Morgan fingerprint density at radius 2 is 2.19 bits per heavy atom. The Balaban J connectivity index is 1.75. The number of aromatic nitrogens is 2. The summed E-state index contributed by atoms with van der Waals surface area (Å²) in [5.41, 5.74) is 5.27. The van der Waals surface area contributed by atoms with Gasteiger partial charge in [0.2, 0.25) is 11.2 Å². The van der Waals surface area contributed by atoms with E-state index < -0.39 is 5.91 Å². The van der Waals surface area contributed by atoms with Crippen LogP contribution < -0.4 is 16.4 Å². The molecule has 2 atom stereocenters. The highest BCUT2D eigenvalue weighted by molar-refractivity contribution is 6.28. The van der Waals surface area contributed by atoms with Gasteiger partial charge in [-0.25, -0.2) is 9.97 Å². The number of nitrogens with one attached hydrogen (secondary N) is 2. The summed E-state index contributed by atoms with van der Waals surface area (Å²) in [7, 11) is 2.03. The molecule has 9 heteroatoms. The third-order valence-electron chi connectivity index (χ3n) is 4.26. The summed E-state index contributed by atoms with van der Waals surface area (Å²) in [6, 6.07) is 1.73. The van der Waals surface area contributed by atoms with Crippen LogP contribution in [0, 0.1) is 0 Å². The second kappa shape index (κ2) is 9.49. The highest BCUT2D eigenvalue weighted by Gasteiger charge is 2.19. The molecule has 0 saturated heterocycles. The molecule has 1 aromatic rings. The van der Waals surface area contributed by atoms with E-state index in [2.05, 4.69) is 37.7 Å². The first-order valence-electron chi connectivity index (χ1n) is 8.58. The third-order valence-corrected chi connectivity index (χ3v) is 4.43. The average molecular weight is 381 g/mol. The van der Waals surface area contributed by atoms with E-state index in [0.29, 0.717) is 25.2 Å². The van der Waals surface area contributed by atoms with E-state index in [1.807, 2.05) is 14.0 Å². The number of hydrogen-bond acceptors (Lipinski definition) is 6. The van der Waals surface area contributed by atoms with Crippen molar-refractivity contribution < 1.29 is 9.59 Å². The second-order valence-electron chi connectivity index (χ2n) is 6.46. The van der Waals surface area contributed by atoms with Crippen LogP contribution in [0.15, 0.2) is 18.2 Å². The number of rotatable bonds is 8. The first-order valence-corrected chi connectivity index (χ1v) is 8.95. The molecule has 0 spiro atoms. The van der Waals surface area contributed by atoms with E-state index in [-0.39, 0.29) is 29.0 Å². The number of likely N-dealkylation sites (N-methyl/N-ethyl adjacent to an activating group) is 1. The highest BCUT2D eigenvalue weighted by atomic mass is 35.5. The van der Waals surface area contributed by atoms with Crippen molar-refractivity contribution in [3.8, 4) is 0 Å². The molecule has 0 radical (unpaired) electrons. The van der Waals surface area contributed by atoms with Crippen molar-refractivity contribution in [1.29, 1.82) is 0 Å². The number of carbonyl (C=O) groups excluding carboxylic acids is 2. The van der Waals surface area contributed by atoms with Gasteiger partial charge < -0.3 is 16.4 Å². The SMILES string of the molecule is C[C@@H](CCNC(=O)CC1CC=CCN1C)Nc1cc(C(N)=O)nc(Cl)n1. The topological polar surface area (TPSA) is 113 Å². The van der Waals surface area contributed by atoms with Gasteiger partial charge in [0.15, 0.2) is 0 Å². The van der Waals surface area contributed by atoms with Crippen LogP contribution in [0.25, 0.3) is 0 Å². The number of hydrogen-bond donors (Lipinski definition) is 3. The molecule has 1 aliphatic rings. The number of carbonyl (C=O) groups is 2. The Bertz CT molecular complexity index is 681. The van der Waals surface area contributed by atoms with Crippen molar-refractivity contribution in [1.82, 2.24) is 20.2 Å². The van der Waals surface area contributed by atoms with Gasteiger partial charge in [-0.3, -0.25) is 14.5 Å². The fourth-order valence-corrected chi connectivity index (χ4v) is 2.90. The fourth-order valence-electron chi connectivity index (χ4n) is 2.72. The van der Waals surface area contributed by atoms with Gasteiger partial charge in [-0.05, 0) is 38.4 Å². The Hall–Kier alpha value is -2.19. The first-order chi connectivity index (χ1) is 12.3. The average Bonchev–Trinajstić information content (AvgIpc) is 2.56. The van der Waals surface area contributed by atoms with Gasteiger partial charge in [0.1, 0.15) is 11.5 Å². The summed E-state index contributed by atoms with van der Waals surface area (Å²) in [5.74, 6) is -0.196. The third kappa shape index (κ3) is 6.27. The zero-order valence-electron chi connectivity index (χ0n) is 15.0. The van der Waals surface area contributed by atoms with Gasteiger partial charge in [-0.15, -0.1) is 0 Å². The second-order valence-corrected chi connectivity index (χ2v) is 6.80. The molecular formula is C17H25ClN6O2. The van der Waals surface area contributed by atoms with Crippen molar-refractivity contribution in [3.05, 3.63) is 29.2 Å². The molecule has 0 aliphatic carbocycles. The fraction of sp³-hybridized carbons (Fsp3) is 0.529. The van der Waals surface area contributed by atoms with Gasteiger partial charge in [0.25, 0.3) is 5.91 Å². The number of nitrogens with two attached hydrogens (primary N) is 1. The molecular weight excluding hydrogens is 356 g/mol. The molecule has 2 amide bonds. The monoisotopic (exact) mass is 380 g/mol. The molecule has 2 rings (SSSR count). The summed E-state index contributed by atoms with van der Waals surface area (Å²) in [5, 5.41) is 6.03. The maximum atomic E-state index is 12.1. The van der Waals surface area contributed by atoms with Crippen LogP contribution >= 0.6 is 11.6 Å².